The van der Waals surface area contributed by atoms with Crippen LogP contribution in [-0.2, 0) is 26.5 Å². The van der Waals surface area contributed by atoms with Crippen LogP contribution >= 0.6 is 0 Å². The van der Waals surface area contributed by atoms with E-state index in [4.69, 9.17) is 0 Å². The fourth-order valence-electron chi connectivity index (χ4n) is 5.94. The third-order valence-corrected chi connectivity index (χ3v) is 7.47. The molecule has 0 spiro atoms. The minimum atomic E-state index is 0. The Labute approximate surface area is 275 Å². The minimum Gasteiger partial charge on any atom is -0.340 e. The standard InChI is InChI=1S/C21H21N2.C18H17N2.Ir/c1-5-7-18-8-6-9-19(14-18)21-22-10-11-23(21)20-16(3)12-15(2)13-17(20)4;1-13-11-14(2)17(15(3)12-13)20-10-9-19-18(20)16-7-5-4-6-8-16;/h5-6,8,10-14H,1,7H2,2-4H3;4-7,9-12H,1-3H3;/q2*-1;. The molecule has 0 amide bonds. The van der Waals surface area contributed by atoms with Crippen molar-refractivity contribution in [2.24, 2.45) is 0 Å². The van der Waals surface area contributed by atoms with Crippen LogP contribution in [0.1, 0.15) is 38.9 Å². The zero-order chi connectivity index (χ0) is 30.5. The van der Waals surface area contributed by atoms with Gasteiger partial charge in [0.2, 0.25) is 0 Å². The van der Waals surface area contributed by atoms with E-state index in [1.807, 2.05) is 61.2 Å². The Bertz CT molecular complexity index is 1830. The molecule has 225 valence electrons. The third-order valence-electron chi connectivity index (χ3n) is 7.47. The summed E-state index contributed by atoms with van der Waals surface area (Å²) in [6.07, 6.45) is 10.5. The van der Waals surface area contributed by atoms with Gasteiger partial charge in [-0.3, -0.25) is 9.97 Å². The van der Waals surface area contributed by atoms with E-state index in [1.165, 1.54) is 50.3 Å². The number of hydrogen-bond acceptors (Lipinski definition) is 2. The summed E-state index contributed by atoms with van der Waals surface area (Å²) >= 11 is 0. The van der Waals surface area contributed by atoms with Gasteiger partial charge in [-0.25, -0.2) is 0 Å². The molecule has 2 heterocycles. The molecule has 6 aromatic rings. The van der Waals surface area contributed by atoms with Gasteiger partial charge in [0, 0.05) is 56.3 Å². The van der Waals surface area contributed by atoms with Crippen molar-refractivity contribution in [1.29, 1.82) is 0 Å². The zero-order valence-electron chi connectivity index (χ0n) is 26.3. The van der Waals surface area contributed by atoms with Gasteiger partial charge in [-0.15, -0.1) is 77.9 Å². The van der Waals surface area contributed by atoms with Crippen molar-refractivity contribution in [3.63, 3.8) is 0 Å². The molecule has 0 aliphatic heterocycles. The van der Waals surface area contributed by atoms with Gasteiger partial charge in [-0.05, 0) is 70.2 Å². The van der Waals surface area contributed by atoms with E-state index >= 15 is 0 Å². The molecule has 44 heavy (non-hydrogen) atoms. The van der Waals surface area contributed by atoms with Crippen LogP contribution in [0, 0.1) is 53.7 Å². The first-order valence-electron chi connectivity index (χ1n) is 14.6. The van der Waals surface area contributed by atoms with Crippen LogP contribution in [0.25, 0.3) is 34.2 Å². The van der Waals surface area contributed by atoms with E-state index in [9.17, 15) is 0 Å². The van der Waals surface area contributed by atoms with Gasteiger partial charge in [0.25, 0.3) is 0 Å². The number of aromatic nitrogens is 4. The van der Waals surface area contributed by atoms with E-state index in [0.717, 1.165) is 29.2 Å². The van der Waals surface area contributed by atoms with Crippen LogP contribution < -0.4 is 0 Å². The maximum absolute atomic E-state index is 4.57. The minimum absolute atomic E-state index is 0. The fraction of sp³-hybridized carbons (Fsp3) is 0.179. The molecule has 0 fully saturated rings. The summed E-state index contributed by atoms with van der Waals surface area (Å²) in [6, 6.07) is 29.5. The van der Waals surface area contributed by atoms with Crippen LogP contribution in [0.2, 0.25) is 0 Å². The van der Waals surface area contributed by atoms with E-state index < -0.39 is 0 Å². The topological polar surface area (TPSA) is 35.6 Å². The summed E-state index contributed by atoms with van der Waals surface area (Å²) in [7, 11) is 0. The Hall–Kier alpha value is -4.31. The molecule has 1 radical (unpaired) electrons. The summed E-state index contributed by atoms with van der Waals surface area (Å²) in [4.78, 5) is 9.07. The van der Waals surface area contributed by atoms with Crippen LogP contribution in [-0.4, -0.2) is 19.1 Å². The van der Waals surface area contributed by atoms with E-state index in [0.29, 0.717) is 0 Å². The molecule has 4 nitrogen and oxygen atoms in total. The molecule has 0 atom stereocenters. The Kier molecular flexibility index (Phi) is 10.7. The monoisotopic (exact) mass is 755 g/mol. The van der Waals surface area contributed by atoms with Crippen molar-refractivity contribution in [1.82, 2.24) is 19.1 Å². The van der Waals surface area contributed by atoms with Crippen LogP contribution in [0.5, 0.6) is 0 Å². The van der Waals surface area contributed by atoms with Gasteiger partial charge in [0.1, 0.15) is 0 Å². The van der Waals surface area contributed by atoms with Crippen molar-refractivity contribution in [3.05, 3.63) is 155 Å². The normalized spacial score (nSPS) is 10.5. The molecule has 2 aromatic heterocycles. The Morgan fingerprint density at radius 2 is 1.16 bits per heavy atom. The first kappa shape index (κ1) is 32.6. The SMILES string of the molecule is C=CCc1cc[c-]c(-c2nccn2-c2c(C)cc(C)cc2C)c1.Cc1cc(C)c(-n2ccnc2-c2[c-]cccc2)c(C)c1.[Ir]. The van der Waals surface area contributed by atoms with Crippen molar-refractivity contribution in [2.45, 2.75) is 48.0 Å². The Balaban J connectivity index is 0.000000198. The predicted molar refractivity (Wildman–Crippen MR) is 178 cm³/mol. The molecule has 4 aromatic carbocycles. The molecule has 0 N–H and O–H groups in total. The molecule has 0 aliphatic rings. The number of rotatable bonds is 6. The van der Waals surface area contributed by atoms with Crippen LogP contribution in [0.3, 0.4) is 0 Å². The average molecular weight is 755 g/mol. The molecule has 0 saturated heterocycles. The molecule has 0 aliphatic carbocycles. The van der Waals surface area contributed by atoms with Crippen molar-refractivity contribution in [3.8, 4) is 34.2 Å². The fourth-order valence-corrected chi connectivity index (χ4v) is 5.94. The maximum atomic E-state index is 4.57. The summed E-state index contributed by atoms with van der Waals surface area (Å²) in [5.74, 6) is 1.85. The molecule has 0 bridgehead atoms. The molecule has 0 saturated carbocycles. The predicted octanol–water partition coefficient (Wildman–Crippen LogP) is 9.26. The quantitative estimate of drug-likeness (QED) is 0.126. The number of imidazole rings is 2. The maximum Gasteiger partial charge on any atom is 0.0602 e. The second kappa shape index (κ2) is 14.4. The smallest absolute Gasteiger partial charge is 0.0602 e. The van der Waals surface area contributed by atoms with Gasteiger partial charge < -0.3 is 9.13 Å². The third kappa shape index (κ3) is 7.07. The summed E-state index contributed by atoms with van der Waals surface area (Å²) in [5, 5.41) is 0. The number of hydrogen-bond donors (Lipinski definition) is 0. The Morgan fingerprint density at radius 3 is 1.64 bits per heavy atom. The Morgan fingerprint density at radius 1 is 0.659 bits per heavy atom. The molecule has 0 unspecified atom stereocenters. The largest absolute Gasteiger partial charge is 0.340 e. The number of benzene rings is 4. The zero-order valence-corrected chi connectivity index (χ0v) is 28.7. The van der Waals surface area contributed by atoms with Gasteiger partial charge in [0.15, 0.2) is 0 Å². The number of nitrogens with zero attached hydrogens (tertiary/aromatic N) is 4. The average Bonchev–Trinajstić information content (AvgIpc) is 3.64. The molecule has 6 rings (SSSR count). The van der Waals surface area contributed by atoms with Gasteiger partial charge >= 0.3 is 0 Å². The second-order valence-electron chi connectivity index (χ2n) is 11.1. The van der Waals surface area contributed by atoms with E-state index in [-0.39, 0.29) is 20.1 Å². The summed E-state index contributed by atoms with van der Waals surface area (Å²) in [6.45, 7) is 16.7. The van der Waals surface area contributed by atoms with Gasteiger partial charge in [-0.2, -0.15) is 0 Å². The van der Waals surface area contributed by atoms with Crippen LogP contribution in [0.4, 0.5) is 0 Å². The second-order valence-corrected chi connectivity index (χ2v) is 11.1. The van der Waals surface area contributed by atoms with Crippen molar-refractivity contribution in [2.75, 3.05) is 0 Å². The summed E-state index contributed by atoms with van der Waals surface area (Å²) < 4.78 is 4.31. The molecular formula is C39H38IrN4-2. The van der Waals surface area contributed by atoms with Gasteiger partial charge in [0.05, 0.1) is 11.6 Å². The van der Waals surface area contributed by atoms with Crippen molar-refractivity contribution >= 4 is 0 Å². The first-order valence-corrected chi connectivity index (χ1v) is 14.6. The van der Waals surface area contributed by atoms with Crippen molar-refractivity contribution < 1.29 is 20.1 Å². The molecular weight excluding hydrogens is 717 g/mol. The first-order chi connectivity index (χ1) is 20.8. The number of aryl methyl sites for hydroxylation is 6. The van der Waals surface area contributed by atoms with E-state index in [2.05, 4.69) is 116 Å². The van der Waals surface area contributed by atoms with E-state index in [1.54, 1.807) is 0 Å². The van der Waals surface area contributed by atoms with Crippen LogP contribution in [0.15, 0.2) is 104 Å². The number of allylic oxidation sites excluding steroid dienone is 1. The summed E-state index contributed by atoms with van der Waals surface area (Å²) in [5.41, 5.74) is 13.3. The van der Waals surface area contributed by atoms with Gasteiger partial charge in [-0.1, -0.05) is 41.5 Å². The molecule has 5 heteroatoms.